The van der Waals surface area contributed by atoms with Crippen molar-refractivity contribution >= 4 is 22.6 Å². The molecule has 1 N–H and O–H groups in total. The molecule has 0 unspecified atom stereocenters. The number of nitrogens with zero attached hydrogens (tertiary/aromatic N) is 1. The van der Waals surface area contributed by atoms with E-state index in [1.807, 2.05) is 0 Å². The number of fused-ring (bicyclic) bond motifs is 1. The lowest BCUT2D eigenvalue weighted by atomic mass is 10.3. The molecule has 2 aromatic heterocycles. The zero-order valence-electron chi connectivity index (χ0n) is 8.00. The Kier molecular flexibility index (Phi) is 1.97. The molecule has 0 radical (unpaired) electrons. The van der Waals surface area contributed by atoms with Crippen LogP contribution in [-0.2, 0) is 0 Å². The monoisotopic (exact) mass is 236 g/mol. The molecule has 16 heavy (non-hydrogen) atoms. The van der Waals surface area contributed by atoms with Crippen LogP contribution in [0.3, 0.4) is 0 Å². The molecule has 0 aliphatic heterocycles. The van der Waals surface area contributed by atoms with Crippen LogP contribution in [0, 0.1) is 5.82 Å². The molecule has 0 amide bonds. The molecule has 5 heteroatoms. The average molecular weight is 237 g/mol. The van der Waals surface area contributed by atoms with Gasteiger partial charge in [0.2, 0.25) is 0 Å². The van der Waals surface area contributed by atoms with Gasteiger partial charge in [0.1, 0.15) is 5.82 Å². The van der Waals surface area contributed by atoms with Crippen LogP contribution < -0.4 is 0 Å². The van der Waals surface area contributed by atoms with Gasteiger partial charge < -0.3 is 9.40 Å². The number of furan rings is 1. The first-order chi connectivity index (χ1) is 7.72. The summed E-state index contributed by atoms with van der Waals surface area (Å²) in [7, 11) is 0. The van der Waals surface area contributed by atoms with Crippen molar-refractivity contribution < 1.29 is 8.81 Å². The van der Waals surface area contributed by atoms with Crippen molar-refractivity contribution in [3.05, 3.63) is 41.4 Å². The van der Waals surface area contributed by atoms with Gasteiger partial charge in [0.15, 0.2) is 16.8 Å². The predicted molar refractivity (Wildman–Crippen MR) is 58.8 cm³/mol. The van der Waals surface area contributed by atoms with Crippen LogP contribution >= 0.6 is 11.6 Å². The summed E-state index contributed by atoms with van der Waals surface area (Å²) < 4.78 is 18.2. The SMILES string of the molecule is Fc1ccc2nc(-c3ccc(Cl)o3)[nH]c2c1. The third-order valence-corrected chi connectivity index (χ3v) is 2.45. The molecule has 3 nitrogen and oxygen atoms in total. The first-order valence-electron chi connectivity index (χ1n) is 4.63. The predicted octanol–water partition coefficient (Wildman–Crippen LogP) is 3.62. The number of halogens is 2. The second-order valence-electron chi connectivity index (χ2n) is 3.35. The lowest BCUT2D eigenvalue weighted by Gasteiger charge is -1.87. The number of H-pyrrole nitrogens is 1. The molecular weight excluding hydrogens is 231 g/mol. The highest BCUT2D eigenvalue weighted by atomic mass is 35.5. The van der Waals surface area contributed by atoms with Crippen LogP contribution in [0.5, 0.6) is 0 Å². The fourth-order valence-electron chi connectivity index (χ4n) is 1.54. The van der Waals surface area contributed by atoms with Crippen molar-refractivity contribution in [2.24, 2.45) is 0 Å². The molecule has 0 aliphatic rings. The molecule has 0 fully saturated rings. The van der Waals surface area contributed by atoms with Crippen LogP contribution in [0.15, 0.2) is 34.7 Å². The van der Waals surface area contributed by atoms with E-state index in [4.69, 9.17) is 16.0 Å². The summed E-state index contributed by atoms with van der Waals surface area (Å²) >= 11 is 5.67. The van der Waals surface area contributed by atoms with Crippen LogP contribution in [-0.4, -0.2) is 9.97 Å². The van der Waals surface area contributed by atoms with Crippen molar-refractivity contribution in [3.63, 3.8) is 0 Å². The Balaban J connectivity index is 2.18. The Bertz CT molecular complexity index is 659. The van der Waals surface area contributed by atoms with Gasteiger partial charge in [-0.15, -0.1) is 0 Å². The van der Waals surface area contributed by atoms with E-state index >= 15 is 0 Å². The number of hydrogen-bond donors (Lipinski definition) is 1. The molecule has 0 aliphatic carbocycles. The largest absolute Gasteiger partial charge is 0.441 e. The lowest BCUT2D eigenvalue weighted by molar-refractivity contribution is 0.580. The zero-order chi connectivity index (χ0) is 11.1. The van der Waals surface area contributed by atoms with E-state index in [0.717, 1.165) is 0 Å². The van der Waals surface area contributed by atoms with E-state index in [9.17, 15) is 4.39 Å². The van der Waals surface area contributed by atoms with Gasteiger partial charge in [0, 0.05) is 0 Å². The minimum atomic E-state index is -0.305. The summed E-state index contributed by atoms with van der Waals surface area (Å²) in [6.45, 7) is 0. The summed E-state index contributed by atoms with van der Waals surface area (Å²) in [5.74, 6) is 0.759. The van der Waals surface area contributed by atoms with Gasteiger partial charge >= 0.3 is 0 Å². The molecule has 3 aromatic rings. The standard InChI is InChI=1S/C11H6ClFN2O/c12-10-4-3-9(16-10)11-14-7-2-1-6(13)5-8(7)15-11/h1-5H,(H,14,15). The van der Waals surface area contributed by atoms with E-state index < -0.39 is 0 Å². The Morgan fingerprint density at radius 2 is 2.12 bits per heavy atom. The van der Waals surface area contributed by atoms with Crippen molar-refractivity contribution in [1.82, 2.24) is 9.97 Å². The maximum Gasteiger partial charge on any atom is 0.194 e. The van der Waals surface area contributed by atoms with E-state index in [0.29, 0.717) is 27.8 Å². The zero-order valence-corrected chi connectivity index (χ0v) is 8.75. The fraction of sp³-hybridized carbons (Fsp3) is 0. The molecule has 0 spiro atoms. The van der Waals surface area contributed by atoms with E-state index in [2.05, 4.69) is 9.97 Å². The summed E-state index contributed by atoms with van der Waals surface area (Å²) in [6.07, 6.45) is 0. The molecule has 2 heterocycles. The van der Waals surface area contributed by atoms with Crippen molar-refractivity contribution in [2.75, 3.05) is 0 Å². The molecule has 0 atom stereocenters. The minimum Gasteiger partial charge on any atom is -0.441 e. The van der Waals surface area contributed by atoms with Gasteiger partial charge in [-0.2, -0.15) is 0 Å². The number of benzene rings is 1. The van der Waals surface area contributed by atoms with Gasteiger partial charge in [0.05, 0.1) is 11.0 Å². The van der Waals surface area contributed by atoms with Crippen LogP contribution in [0.4, 0.5) is 4.39 Å². The smallest absolute Gasteiger partial charge is 0.194 e. The summed E-state index contributed by atoms with van der Waals surface area (Å²) in [6, 6.07) is 7.69. The summed E-state index contributed by atoms with van der Waals surface area (Å²) in [5, 5.41) is 0.293. The minimum absolute atomic E-state index is 0.293. The quantitative estimate of drug-likeness (QED) is 0.701. The highest BCUT2D eigenvalue weighted by Crippen LogP contribution is 2.24. The first kappa shape index (κ1) is 9.42. The number of nitrogens with one attached hydrogen (secondary N) is 1. The highest BCUT2D eigenvalue weighted by molar-refractivity contribution is 6.28. The summed E-state index contributed by atoms with van der Waals surface area (Å²) in [5.41, 5.74) is 1.31. The third-order valence-electron chi connectivity index (χ3n) is 2.25. The normalized spacial score (nSPS) is 11.1. The average Bonchev–Trinajstić information content (AvgIpc) is 2.83. The molecule has 0 saturated heterocycles. The molecule has 3 rings (SSSR count). The van der Waals surface area contributed by atoms with E-state index in [1.165, 1.54) is 12.1 Å². The second kappa shape index (κ2) is 3.35. The highest BCUT2D eigenvalue weighted by Gasteiger charge is 2.09. The van der Waals surface area contributed by atoms with E-state index in [1.54, 1.807) is 18.2 Å². The van der Waals surface area contributed by atoms with Gasteiger partial charge in [-0.05, 0) is 41.9 Å². The molecule has 0 bridgehead atoms. The van der Waals surface area contributed by atoms with Gasteiger partial charge in [-0.25, -0.2) is 9.37 Å². The van der Waals surface area contributed by atoms with Crippen LogP contribution in [0.1, 0.15) is 0 Å². The van der Waals surface area contributed by atoms with Gasteiger partial charge in [-0.1, -0.05) is 0 Å². The second-order valence-corrected chi connectivity index (χ2v) is 3.72. The maximum absolute atomic E-state index is 13.0. The number of hydrogen-bond acceptors (Lipinski definition) is 2. The molecule has 1 aromatic carbocycles. The molecule has 0 saturated carbocycles. The van der Waals surface area contributed by atoms with E-state index in [-0.39, 0.29) is 5.82 Å². The van der Waals surface area contributed by atoms with Crippen molar-refractivity contribution in [1.29, 1.82) is 0 Å². The topological polar surface area (TPSA) is 41.8 Å². The first-order valence-corrected chi connectivity index (χ1v) is 5.01. The van der Waals surface area contributed by atoms with Gasteiger partial charge in [-0.3, -0.25) is 0 Å². The molecule has 80 valence electrons. The Morgan fingerprint density at radius 1 is 1.25 bits per heavy atom. The lowest BCUT2D eigenvalue weighted by Crippen LogP contribution is -1.74. The van der Waals surface area contributed by atoms with Crippen molar-refractivity contribution in [2.45, 2.75) is 0 Å². The third kappa shape index (κ3) is 1.47. The fourth-order valence-corrected chi connectivity index (χ4v) is 1.69. The Morgan fingerprint density at radius 3 is 2.88 bits per heavy atom. The van der Waals surface area contributed by atoms with Gasteiger partial charge in [0.25, 0.3) is 0 Å². The summed E-state index contributed by atoms with van der Waals surface area (Å²) in [4.78, 5) is 7.23. The van der Waals surface area contributed by atoms with Crippen LogP contribution in [0.2, 0.25) is 5.22 Å². The maximum atomic E-state index is 13.0. The van der Waals surface area contributed by atoms with Crippen molar-refractivity contribution in [3.8, 4) is 11.6 Å². The Hall–Kier alpha value is -1.81. The number of aromatic nitrogens is 2. The number of rotatable bonds is 1. The number of aromatic amines is 1. The number of imidazole rings is 1. The Labute approximate surface area is 94.9 Å². The molecular formula is C11H6ClFN2O. The van der Waals surface area contributed by atoms with Crippen LogP contribution in [0.25, 0.3) is 22.6 Å².